The predicted molar refractivity (Wildman–Crippen MR) is 80.2 cm³/mol. The van der Waals surface area contributed by atoms with Crippen molar-refractivity contribution in [3.8, 4) is 0 Å². The quantitative estimate of drug-likeness (QED) is 0.655. The Balaban J connectivity index is 2.42. The minimum Gasteiger partial charge on any atom is -0.389 e. The summed E-state index contributed by atoms with van der Waals surface area (Å²) in [5.74, 6) is 0.673. The second-order valence-corrected chi connectivity index (χ2v) is 5.58. The Bertz CT molecular complexity index is 801. The zero-order valence-corrected chi connectivity index (χ0v) is 11.5. The summed E-state index contributed by atoms with van der Waals surface area (Å²) in [6, 6.07) is 7.67. The van der Waals surface area contributed by atoms with Crippen LogP contribution in [0.2, 0.25) is 0 Å². The van der Waals surface area contributed by atoms with Crippen LogP contribution in [0.1, 0.15) is 13.8 Å². The molecule has 0 bridgehead atoms. The average molecular weight is 271 g/mol. The average Bonchev–Trinajstić information content (AvgIpc) is 2.66. The van der Waals surface area contributed by atoms with E-state index in [-0.39, 0.29) is 0 Å². The number of fused-ring (bicyclic) bond motifs is 3. The van der Waals surface area contributed by atoms with Gasteiger partial charge in [0.25, 0.3) is 0 Å². The summed E-state index contributed by atoms with van der Waals surface area (Å²) >= 11 is 0. The first-order chi connectivity index (χ1) is 9.37. The van der Waals surface area contributed by atoms with Gasteiger partial charge in [-0.05, 0) is 19.9 Å². The first-order valence-electron chi connectivity index (χ1n) is 6.39. The number of aliphatic hydroxyl groups is 1. The molecular formula is C14H17N5O. The maximum Gasteiger partial charge on any atom is 0.201 e. The lowest BCUT2D eigenvalue weighted by Gasteiger charge is -2.19. The summed E-state index contributed by atoms with van der Waals surface area (Å²) in [6.07, 6.45) is 0. The molecule has 3 aromatic rings. The van der Waals surface area contributed by atoms with Crippen LogP contribution in [0.5, 0.6) is 0 Å². The van der Waals surface area contributed by atoms with Crippen molar-refractivity contribution in [2.24, 2.45) is 0 Å². The van der Waals surface area contributed by atoms with Gasteiger partial charge in [-0.1, -0.05) is 18.2 Å². The van der Waals surface area contributed by atoms with Crippen molar-refractivity contribution in [2.45, 2.75) is 26.0 Å². The number of aromatic nitrogens is 3. The van der Waals surface area contributed by atoms with Crippen molar-refractivity contribution in [3.05, 3.63) is 24.3 Å². The van der Waals surface area contributed by atoms with E-state index in [1.807, 2.05) is 24.3 Å². The SMILES string of the molecule is CC(C)(O)Cn1c(N)nc2c(N)nc3ccccc3c21. The first kappa shape index (κ1) is 12.7. The van der Waals surface area contributed by atoms with Crippen molar-refractivity contribution in [2.75, 3.05) is 11.5 Å². The van der Waals surface area contributed by atoms with E-state index in [1.54, 1.807) is 18.4 Å². The first-order valence-corrected chi connectivity index (χ1v) is 6.39. The van der Waals surface area contributed by atoms with Gasteiger partial charge in [0.05, 0.1) is 23.2 Å². The molecule has 0 aliphatic carbocycles. The third-order valence-corrected chi connectivity index (χ3v) is 3.18. The molecule has 0 fully saturated rings. The molecule has 6 nitrogen and oxygen atoms in total. The number of nitrogens with zero attached hydrogens (tertiary/aromatic N) is 3. The largest absolute Gasteiger partial charge is 0.389 e. The highest BCUT2D eigenvalue weighted by atomic mass is 16.3. The van der Waals surface area contributed by atoms with Gasteiger partial charge >= 0.3 is 0 Å². The summed E-state index contributed by atoms with van der Waals surface area (Å²) < 4.78 is 1.79. The number of anilines is 2. The monoisotopic (exact) mass is 271 g/mol. The summed E-state index contributed by atoms with van der Waals surface area (Å²) in [7, 11) is 0. The van der Waals surface area contributed by atoms with Gasteiger partial charge in [0.1, 0.15) is 5.52 Å². The summed E-state index contributed by atoms with van der Waals surface area (Å²) in [5, 5.41) is 11.0. The molecule has 0 spiro atoms. The molecule has 6 heteroatoms. The molecule has 104 valence electrons. The fourth-order valence-electron chi connectivity index (χ4n) is 2.42. The van der Waals surface area contributed by atoms with Crippen molar-refractivity contribution >= 4 is 33.7 Å². The number of imidazole rings is 1. The fourth-order valence-corrected chi connectivity index (χ4v) is 2.42. The molecule has 2 heterocycles. The van der Waals surface area contributed by atoms with Crippen molar-refractivity contribution < 1.29 is 5.11 Å². The molecule has 0 saturated carbocycles. The fraction of sp³-hybridized carbons (Fsp3) is 0.286. The van der Waals surface area contributed by atoms with Gasteiger partial charge in [-0.2, -0.15) is 0 Å². The van der Waals surface area contributed by atoms with Gasteiger partial charge in [0, 0.05) is 5.39 Å². The van der Waals surface area contributed by atoms with Crippen LogP contribution in [-0.4, -0.2) is 25.2 Å². The van der Waals surface area contributed by atoms with E-state index in [4.69, 9.17) is 11.5 Å². The lowest BCUT2D eigenvalue weighted by Crippen LogP contribution is -2.26. The summed E-state index contributed by atoms with van der Waals surface area (Å²) in [6.45, 7) is 3.79. The van der Waals surface area contributed by atoms with Crippen LogP contribution >= 0.6 is 0 Å². The minimum absolute atomic E-state index is 0.326. The zero-order valence-electron chi connectivity index (χ0n) is 11.5. The molecule has 0 radical (unpaired) electrons. The van der Waals surface area contributed by atoms with Crippen molar-refractivity contribution in [3.63, 3.8) is 0 Å². The van der Waals surface area contributed by atoms with E-state index in [9.17, 15) is 5.11 Å². The van der Waals surface area contributed by atoms with E-state index >= 15 is 0 Å². The molecule has 20 heavy (non-hydrogen) atoms. The van der Waals surface area contributed by atoms with Crippen LogP contribution in [0.25, 0.3) is 21.9 Å². The van der Waals surface area contributed by atoms with Crippen molar-refractivity contribution in [1.82, 2.24) is 14.5 Å². The van der Waals surface area contributed by atoms with Gasteiger partial charge < -0.3 is 21.1 Å². The topological polar surface area (TPSA) is 103 Å². The minimum atomic E-state index is -0.902. The Morgan fingerprint density at radius 2 is 1.90 bits per heavy atom. The van der Waals surface area contributed by atoms with Gasteiger partial charge in [-0.25, -0.2) is 9.97 Å². The number of pyridine rings is 1. The van der Waals surface area contributed by atoms with Gasteiger partial charge in [0.15, 0.2) is 5.82 Å². The molecule has 0 unspecified atom stereocenters. The molecule has 3 rings (SSSR count). The van der Waals surface area contributed by atoms with Crippen LogP contribution in [0.3, 0.4) is 0 Å². The van der Waals surface area contributed by atoms with Crippen LogP contribution in [-0.2, 0) is 6.54 Å². The Labute approximate surface area is 116 Å². The second kappa shape index (κ2) is 4.08. The molecule has 0 aliphatic heterocycles. The number of nitrogens with two attached hydrogens (primary N) is 2. The predicted octanol–water partition coefficient (Wildman–Crippen LogP) is 1.52. The van der Waals surface area contributed by atoms with Gasteiger partial charge in [-0.3, -0.25) is 0 Å². The van der Waals surface area contributed by atoms with E-state index in [1.165, 1.54) is 0 Å². The standard InChI is InChI=1S/C14H17N5O/c1-14(2,20)7-19-11-8-5-3-4-6-9(8)17-12(15)10(11)18-13(19)16/h3-6,20H,7H2,1-2H3,(H2,15,17)(H2,16,18). The third kappa shape index (κ3) is 1.94. The molecule has 1 aromatic carbocycles. The van der Waals surface area contributed by atoms with E-state index in [0.717, 1.165) is 16.4 Å². The Kier molecular flexibility index (Phi) is 2.58. The normalized spacial score (nSPS) is 12.3. The van der Waals surface area contributed by atoms with Crippen LogP contribution in [0.4, 0.5) is 11.8 Å². The highest BCUT2D eigenvalue weighted by Crippen LogP contribution is 2.30. The molecule has 0 atom stereocenters. The highest BCUT2D eigenvalue weighted by molar-refractivity contribution is 6.07. The number of nitrogen functional groups attached to an aromatic ring is 2. The van der Waals surface area contributed by atoms with Crippen molar-refractivity contribution in [1.29, 1.82) is 0 Å². The maximum atomic E-state index is 10.1. The molecular weight excluding hydrogens is 254 g/mol. The highest BCUT2D eigenvalue weighted by Gasteiger charge is 2.21. The molecule has 2 aromatic heterocycles. The molecule has 5 N–H and O–H groups in total. The van der Waals surface area contributed by atoms with Crippen LogP contribution < -0.4 is 11.5 Å². The third-order valence-electron chi connectivity index (χ3n) is 3.18. The second-order valence-electron chi connectivity index (χ2n) is 5.58. The van der Waals surface area contributed by atoms with Crippen LogP contribution in [0, 0.1) is 0 Å². The number of rotatable bonds is 2. The van der Waals surface area contributed by atoms with E-state index in [2.05, 4.69) is 9.97 Å². The lowest BCUT2D eigenvalue weighted by molar-refractivity contribution is 0.0633. The smallest absolute Gasteiger partial charge is 0.201 e. The summed E-state index contributed by atoms with van der Waals surface area (Å²) in [4.78, 5) is 8.63. The van der Waals surface area contributed by atoms with E-state index in [0.29, 0.717) is 23.8 Å². The molecule has 0 amide bonds. The lowest BCUT2D eigenvalue weighted by atomic mass is 10.1. The number of benzene rings is 1. The number of hydrogen-bond acceptors (Lipinski definition) is 5. The molecule has 0 saturated heterocycles. The Morgan fingerprint density at radius 3 is 2.60 bits per heavy atom. The molecule has 0 aliphatic rings. The zero-order chi connectivity index (χ0) is 14.5. The Hall–Kier alpha value is -2.34. The number of para-hydroxylation sites is 1. The van der Waals surface area contributed by atoms with Crippen LogP contribution in [0.15, 0.2) is 24.3 Å². The number of hydrogen-bond donors (Lipinski definition) is 3. The van der Waals surface area contributed by atoms with Gasteiger partial charge in [-0.15, -0.1) is 0 Å². The van der Waals surface area contributed by atoms with E-state index < -0.39 is 5.60 Å². The van der Waals surface area contributed by atoms with Gasteiger partial charge in [0.2, 0.25) is 5.95 Å². The maximum absolute atomic E-state index is 10.1. The summed E-state index contributed by atoms with van der Waals surface area (Å²) in [5.41, 5.74) is 13.2. The Morgan fingerprint density at radius 1 is 1.20 bits per heavy atom.